The van der Waals surface area contributed by atoms with Gasteiger partial charge in [0.05, 0.1) is 0 Å². The van der Waals surface area contributed by atoms with Crippen molar-refractivity contribution in [1.82, 2.24) is 4.98 Å². The first-order chi connectivity index (χ1) is 15.0. The first-order valence-electron chi connectivity index (χ1n) is 9.59. The van der Waals surface area contributed by atoms with E-state index in [0.717, 1.165) is 32.7 Å². The van der Waals surface area contributed by atoms with Gasteiger partial charge in [-0.1, -0.05) is 18.2 Å². The molecule has 0 radical (unpaired) electrons. The summed E-state index contributed by atoms with van der Waals surface area (Å²) < 4.78 is 19.2. The van der Waals surface area contributed by atoms with E-state index < -0.39 is 5.97 Å². The van der Waals surface area contributed by atoms with Crippen molar-refractivity contribution in [3.63, 3.8) is 0 Å². The molecule has 5 aromatic rings. The van der Waals surface area contributed by atoms with E-state index in [1.807, 2.05) is 43.3 Å². The van der Waals surface area contributed by atoms with Gasteiger partial charge in [-0.05, 0) is 83.8 Å². The number of aromatic nitrogens is 1. The highest BCUT2D eigenvalue weighted by Crippen LogP contribution is 2.33. The molecule has 6 heteroatoms. The Morgan fingerprint density at radius 3 is 2.39 bits per heavy atom. The van der Waals surface area contributed by atoms with Gasteiger partial charge in [-0.25, -0.2) is 14.2 Å². The maximum absolute atomic E-state index is 13.2. The number of carboxylic acids is 1. The van der Waals surface area contributed by atoms with Crippen molar-refractivity contribution in [2.45, 2.75) is 6.92 Å². The number of fused-ring (bicyclic) bond motifs is 1. The normalized spacial score (nSPS) is 11.2. The van der Waals surface area contributed by atoms with E-state index in [1.165, 1.54) is 23.5 Å². The van der Waals surface area contributed by atoms with Crippen molar-refractivity contribution in [3.05, 3.63) is 89.1 Å². The molecule has 2 aromatic heterocycles. The Hall–Kier alpha value is -3.77. The maximum atomic E-state index is 13.2. The van der Waals surface area contributed by atoms with Gasteiger partial charge in [0.2, 0.25) is 5.89 Å². The molecule has 5 rings (SSSR count). The van der Waals surface area contributed by atoms with Crippen LogP contribution in [0.15, 0.2) is 77.2 Å². The van der Waals surface area contributed by atoms with Crippen LogP contribution in [0.1, 0.15) is 15.2 Å². The molecule has 0 amide bonds. The van der Waals surface area contributed by atoms with Gasteiger partial charge >= 0.3 is 5.97 Å². The predicted molar refractivity (Wildman–Crippen MR) is 120 cm³/mol. The Bertz CT molecular complexity index is 1430. The molecule has 4 nitrogen and oxygen atoms in total. The number of carbonyl (C=O) groups is 1. The van der Waals surface area contributed by atoms with Crippen LogP contribution >= 0.6 is 11.3 Å². The van der Waals surface area contributed by atoms with Gasteiger partial charge in [-0.15, -0.1) is 11.3 Å². The highest BCUT2D eigenvalue weighted by Gasteiger charge is 2.13. The van der Waals surface area contributed by atoms with Gasteiger partial charge < -0.3 is 9.52 Å². The van der Waals surface area contributed by atoms with Crippen LogP contribution in [0.4, 0.5) is 4.39 Å². The van der Waals surface area contributed by atoms with Crippen molar-refractivity contribution in [3.8, 4) is 33.0 Å². The third-order valence-corrected chi connectivity index (χ3v) is 6.24. The molecular formula is C25H16FNO3S. The molecule has 3 aromatic carbocycles. The summed E-state index contributed by atoms with van der Waals surface area (Å²) in [5, 5.41) is 9.14. The van der Waals surface area contributed by atoms with Gasteiger partial charge in [-0.3, -0.25) is 0 Å². The molecule has 2 heterocycles. The van der Waals surface area contributed by atoms with Crippen LogP contribution in [0, 0.1) is 12.7 Å². The Balaban J connectivity index is 1.49. The SMILES string of the molecule is Cc1cc(-c2nc3cc(-c4ccc(C(=O)O)s4)ccc3o2)ccc1-c1ccc(F)cc1. The van der Waals surface area contributed by atoms with E-state index in [-0.39, 0.29) is 5.82 Å². The number of carboxylic acid groups (broad SMARTS) is 1. The van der Waals surface area contributed by atoms with Crippen LogP contribution in [-0.2, 0) is 0 Å². The average Bonchev–Trinajstić information content (AvgIpc) is 3.41. The second-order valence-electron chi connectivity index (χ2n) is 7.21. The molecule has 0 aliphatic rings. The number of rotatable bonds is 4. The van der Waals surface area contributed by atoms with E-state index in [4.69, 9.17) is 9.52 Å². The molecule has 152 valence electrons. The lowest BCUT2D eigenvalue weighted by molar-refractivity contribution is 0.0702. The summed E-state index contributed by atoms with van der Waals surface area (Å²) in [5.74, 6) is -0.676. The summed E-state index contributed by atoms with van der Waals surface area (Å²) in [6, 6.07) is 21.4. The summed E-state index contributed by atoms with van der Waals surface area (Å²) in [4.78, 5) is 16.9. The molecule has 1 N–H and O–H groups in total. The zero-order chi connectivity index (χ0) is 21.5. The Morgan fingerprint density at radius 1 is 0.935 bits per heavy atom. The maximum Gasteiger partial charge on any atom is 0.345 e. The molecule has 0 spiro atoms. The van der Waals surface area contributed by atoms with E-state index in [2.05, 4.69) is 4.98 Å². The van der Waals surface area contributed by atoms with Crippen LogP contribution in [0.2, 0.25) is 0 Å². The van der Waals surface area contributed by atoms with Gasteiger partial charge in [0.25, 0.3) is 0 Å². The number of thiophene rings is 1. The second kappa shape index (κ2) is 7.49. The molecule has 0 fully saturated rings. The zero-order valence-electron chi connectivity index (χ0n) is 16.4. The first kappa shape index (κ1) is 19.2. The molecule has 0 aliphatic carbocycles. The first-order valence-corrected chi connectivity index (χ1v) is 10.4. The van der Waals surface area contributed by atoms with E-state index >= 15 is 0 Å². The minimum absolute atomic E-state index is 0.259. The Morgan fingerprint density at radius 2 is 1.68 bits per heavy atom. The van der Waals surface area contributed by atoms with Crippen LogP contribution in [-0.4, -0.2) is 16.1 Å². The van der Waals surface area contributed by atoms with Crippen LogP contribution < -0.4 is 0 Å². The van der Waals surface area contributed by atoms with Crippen molar-refractivity contribution >= 4 is 28.4 Å². The second-order valence-corrected chi connectivity index (χ2v) is 8.29. The van der Waals surface area contributed by atoms with Gasteiger partial charge in [-0.2, -0.15) is 0 Å². The smallest absolute Gasteiger partial charge is 0.345 e. The van der Waals surface area contributed by atoms with Crippen LogP contribution in [0.5, 0.6) is 0 Å². The molecule has 0 aliphatic heterocycles. The summed E-state index contributed by atoms with van der Waals surface area (Å²) in [6.07, 6.45) is 0. The molecular weight excluding hydrogens is 413 g/mol. The van der Waals surface area contributed by atoms with E-state index in [1.54, 1.807) is 24.3 Å². The van der Waals surface area contributed by atoms with Crippen molar-refractivity contribution in [2.24, 2.45) is 0 Å². The number of aromatic carboxylic acids is 1. The minimum atomic E-state index is -0.930. The Kier molecular flexibility index (Phi) is 4.64. The standard InChI is InChI=1S/C25H16FNO3S/c1-14-12-17(4-8-19(14)15-2-6-18(26)7-3-15)24-27-20-13-16(5-9-21(20)30-24)22-10-11-23(31-22)25(28)29/h2-13H,1H3,(H,28,29). The minimum Gasteiger partial charge on any atom is -0.477 e. The third-order valence-electron chi connectivity index (χ3n) is 5.12. The largest absolute Gasteiger partial charge is 0.477 e. The number of oxazole rings is 1. The van der Waals surface area contributed by atoms with Gasteiger partial charge in [0, 0.05) is 10.4 Å². The quantitative estimate of drug-likeness (QED) is 0.333. The van der Waals surface area contributed by atoms with Crippen LogP contribution in [0.25, 0.3) is 44.1 Å². The fourth-order valence-corrected chi connectivity index (χ4v) is 4.40. The van der Waals surface area contributed by atoms with Crippen molar-refractivity contribution < 1.29 is 18.7 Å². The van der Waals surface area contributed by atoms with Gasteiger partial charge in [0.1, 0.15) is 16.2 Å². The monoisotopic (exact) mass is 429 g/mol. The molecule has 0 unspecified atom stereocenters. The number of hydrogen-bond acceptors (Lipinski definition) is 4. The number of nitrogens with zero attached hydrogens (tertiary/aromatic N) is 1. The molecule has 0 saturated carbocycles. The van der Waals surface area contributed by atoms with Gasteiger partial charge in [0.15, 0.2) is 5.58 Å². The van der Waals surface area contributed by atoms with E-state index in [9.17, 15) is 9.18 Å². The highest BCUT2D eigenvalue weighted by molar-refractivity contribution is 7.17. The molecule has 31 heavy (non-hydrogen) atoms. The summed E-state index contributed by atoms with van der Waals surface area (Å²) in [7, 11) is 0. The lowest BCUT2D eigenvalue weighted by atomic mass is 9.98. The summed E-state index contributed by atoms with van der Waals surface area (Å²) in [6.45, 7) is 2.00. The van der Waals surface area contributed by atoms with Crippen molar-refractivity contribution in [2.75, 3.05) is 0 Å². The Labute approximate surface area is 181 Å². The predicted octanol–water partition coefficient (Wildman–Crippen LogP) is 7.04. The fraction of sp³-hybridized carbons (Fsp3) is 0.0400. The highest BCUT2D eigenvalue weighted by atomic mass is 32.1. The molecule has 0 saturated heterocycles. The molecule has 0 atom stereocenters. The number of hydrogen-bond donors (Lipinski definition) is 1. The molecule has 0 bridgehead atoms. The number of halogens is 1. The van der Waals surface area contributed by atoms with Crippen molar-refractivity contribution in [1.29, 1.82) is 0 Å². The lowest BCUT2D eigenvalue weighted by Gasteiger charge is -2.07. The topological polar surface area (TPSA) is 63.3 Å². The number of aryl methyl sites for hydroxylation is 1. The van der Waals surface area contributed by atoms with E-state index in [0.29, 0.717) is 21.9 Å². The zero-order valence-corrected chi connectivity index (χ0v) is 17.2. The fourth-order valence-electron chi connectivity index (χ4n) is 3.56. The lowest BCUT2D eigenvalue weighted by Crippen LogP contribution is -1.89. The summed E-state index contributed by atoms with van der Waals surface area (Å²) in [5.41, 5.74) is 6.12. The average molecular weight is 429 g/mol. The number of benzene rings is 3. The van der Waals surface area contributed by atoms with Crippen LogP contribution in [0.3, 0.4) is 0 Å². The third kappa shape index (κ3) is 3.62. The summed E-state index contributed by atoms with van der Waals surface area (Å²) >= 11 is 1.23.